The molecule has 22 heavy (non-hydrogen) atoms. The summed E-state index contributed by atoms with van der Waals surface area (Å²) >= 11 is 16.8. The molecule has 1 heterocycles. The Kier molecular flexibility index (Phi) is 4.64. The minimum atomic E-state index is -2.13. The van der Waals surface area contributed by atoms with Crippen LogP contribution >= 0.6 is 34.8 Å². The Balaban J connectivity index is 1.80. The number of ether oxygens (including phenoxy) is 2. The summed E-state index contributed by atoms with van der Waals surface area (Å²) in [7, 11) is 0. The fourth-order valence-electron chi connectivity index (χ4n) is 3.86. The highest BCUT2D eigenvalue weighted by Crippen LogP contribution is 2.48. The van der Waals surface area contributed by atoms with Gasteiger partial charge in [-0.2, -0.15) is 0 Å². The average Bonchev–Trinajstić information content (AvgIpc) is 3.07. The number of esters is 2. The summed E-state index contributed by atoms with van der Waals surface area (Å²) in [5, 5.41) is 0. The number of hydrogen-bond acceptors (Lipinski definition) is 4. The van der Waals surface area contributed by atoms with Crippen molar-refractivity contribution in [1.29, 1.82) is 0 Å². The Hall–Kier alpha value is -0.450. The van der Waals surface area contributed by atoms with Crippen LogP contribution in [0.3, 0.4) is 0 Å². The van der Waals surface area contributed by atoms with Gasteiger partial charge < -0.3 is 9.47 Å². The molecular weight excluding hydrogens is 351 g/mol. The van der Waals surface area contributed by atoms with Crippen molar-refractivity contribution in [2.24, 2.45) is 23.7 Å². The van der Waals surface area contributed by atoms with Crippen LogP contribution in [0.1, 0.15) is 25.7 Å². The first-order valence-corrected chi connectivity index (χ1v) is 8.62. The first kappa shape index (κ1) is 16.4. The van der Waals surface area contributed by atoms with E-state index < -0.39 is 21.8 Å². The molecule has 1 saturated heterocycles. The first-order chi connectivity index (χ1) is 10.4. The summed E-state index contributed by atoms with van der Waals surface area (Å²) in [6.45, 7) is 0.414. The predicted molar refractivity (Wildman–Crippen MR) is 82.7 cm³/mol. The second-order valence-corrected chi connectivity index (χ2v) is 8.51. The van der Waals surface area contributed by atoms with Crippen LogP contribution in [0.5, 0.6) is 0 Å². The summed E-state index contributed by atoms with van der Waals surface area (Å²) in [4.78, 5) is 24.1. The largest absolute Gasteiger partial charge is 0.465 e. The second-order valence-electron chi connectivity index (χ2n) is 6.23. The normalized spacial score (nSPS) is 35.3. The summed E-state index contributed by atoms with van der Waals surface area (Å²) in [5.74, 6) is -0.825. The molecule has 0 aromatic carbocycles. The van der Waals surface area contributed by atoms with Crippen LogP contribution in [0.2, 0.25) is 0 Å². The highest BCUT2D eigenvalue weighted by Gasteiger charge is 2.49. The smallest absolute Gasteiger partial charge is 0.358 e. The Bertz CT molecular complexity index is 500. The molecule has 0 aromatic rings. The van der Waals surface area contributed by atoms with Gasteiger partial charge in [-0.1, -0.05) is 47.0 Å². The molecular formula is C15H17Cl3O4. The van der Waals surface area contributed by atoms with E-state index in [1.165, 1.54) is 0 Å². The summed E-state index contributed by atoms with van der Waals surface area (Å²) in [6.07, 6.45) is 7.06. The van der Waals surface area contributed by atoms with Crippen molar-refractivity contribution in [3.05, 3.63) is 12.2 Å². The van der Waals surface area contributed by atoms with Crippen molar-refractivity contribution in [2.45, 2.75) is 35.6 Å². The van der Waals surface area contributed by atoms with E-state index in [1.807, 2.05) is 0 Å². The van der Waals surface area contributed by atoms with Gasteiger partial charge in [0.25, 0.3) is 3.79 Å². The maximum Gasteiger partial charge on any atom is 0.358 e. The number of fused-ring (bicyclic) bond motifs is 2. The lowest BCUT2D eigenvalue weighted by atomic mass is 9.80. The zero-order valence-electron chi connectivity index (χ0n) is 11.8. The third-order valence-corrected chi connectivity index (χ3v) is 5.29. The van der Waals surface area contributed by atoms with Gasteiger partial charge >= 0.3 is 11.9 Å². The van der Waals surface area contributed by atoms with Crippen LogP contribution in [0.15, 0.2) is 12.2 Å². The number of halogens is 3. The average molecular weight is 368 g/mol. The molecule has 0 radical (unpaired) electrons. The highest BCUT2D eigenvalue weighted by atomic mass is 35.6. The molecule has 3 aliphatic rings. The molecule has 0 spiro atoms. The molecule has 5 unspecified atom stereocenters. The van der Waals surface area contributed by atoms with E-state index in [9.17, 15) is 9.59 Å². The van der Waals surface area contributed by atoms with Gasteiger partial charge in [0.2, 0.25) is 0 Å². The quantitative estimate of drug-likeness (QED) is 0.436. The molecule has 2 fully saturated rings. The minimum absolute atomic E-state index is 0.0851. The minimum Gasteiger partial charge on any atom is -0.465 e. The lowest BCUT2D eigenvalue weighted by Crippen LogP contribution is -2.44. The third-order valence-electron chi connectivity index (χ3n) is 4.83. The van der Waals surface area contributed by atoms with Crippen molar-refractivity contribution in [1.82, 2.24) is 0 Å². The summed E-state index contributed by atoms with van der Waals surface area (Å²) < 4.78 is 8.49. The lowest BCUT2D eigenvalue weighted by Gasteiger charge is -2.35. The SMILES string of the molecule is O=C1OCCCC1C(OC(=O)C(Cl)(Cl)Cl)C1CC2C=CC1C2. The first-order valence-electron chi connectivity index (χ1n) is 7.49. The molecule has 4 nitrogen and oxygen atoms in total. The van der Waals surface area contributed by atoms with E-state index >= 15 is 0 Å². The van der Waals surface area contributed by atoms with Gasteiger partial charge in [0.05, 0.1) is 12.5 Å². The number of alkyl halides is 3. The molecule has 0 aromatic heterocycles. The van der Waals surface area contributed by atoms with Crippen molar-refractivity contribution in [2.75, 3.05) is 6.61 Å². The van der Waals surface area contributed by atoms with Crippen molar-refractivity contribution >= 4 is 46.7 Å². The fourth-order valence-corrected chi connectivity index (χ4v) is 3.99. The number of hydrogen-bond donors (Lipinski definition) is 0. The van der Waals surface area contributed by atoms with Gasteiger partial charge in [0.15, 0.2) is 0 Å². The molecule has 2 aliphatic carbocycles. The Morgan fingerprint density at radius 2 is 2.09 bits per heavy atom. The molecule has 122 valence electrons. The highest BCUT2D eigenvalue weighted by molar-refractivity contribution is 6.75. The number of rotatable bonds is 3. The van der Waals surface area contributed by atoms with E-state index in [1.54, 1.807) is 0 Å². The topological polar surface area (TPSA) is 52.6 Å². The van der Waals surface area contributed by atoms with Crippen molar-refractivity contribution in [3.63, 3.8) is 0 Å². The van der Waals surface area contributed by atoms with Gasteiger partial charge in [0, 0.05) is 5.92 Å². The Morgan fingerprint density at radius 1 is 1.32 bits per heavy atom. The fraction of sp³-hybridized carbons (Fsp3) is 0.733. The monoisotopic (exact) mass is 366 g/mol. The molecule has 0 amide bonds. The molecule has 3 rings (SSSR count). The van der Waals surface area contributed by atoms with Gasteiger partial charge in [0.1, 0.15) is 6.10 Å². The second kappa shape index (κ2) is 6.21. The van der Waals surface area contributed by atoms with Crippen LogP contribution in [-0.4, -0.2) is 28.4 Å². The lowest BCUT2D eigenvalue weighted by molar-refractivity contribution is -0.170. The summed E-state index contributed by atoms with van der Waals surface area (Å²) in [6, 6.07) is 0. The van der Waals surface area contributed by atoms with Crippen molar-refractivity contribution < 1.29 is 19.1 Å². The van der Waals surface area contributed by atoms with E-state index in [0.717, 1.165) is 19.3 Å². The number of allylic oxidation sites excluding steroid dienone is 2. The molecule has 1 aliphatic heterocycles. The van der Waals surface area contributed by atoms with Crippen LogP contribution in [0.25, 0.3) is 0 Å². The summed E-state index contributed by atoms with van der Waals surface area (Å²) in [5.41, 5.74) is 0. The molecule has 2 bridgehead atoms. The van der Waals surface area contributed by atoms with Crippen LogP contribution < -0.4 is 0 Å². The number of carbonyl (C=O) groups is 2. The van der Waals surface area contributed by atoms with Crippen molar-refractivity contribution in [3.8, 4) is 0 Å². The van der Waals surface area contributed by atoms with Crippen LogP contribution in [-0.2, 0) is 19.1 Å². The maximum absolute atomic E-state index is 12.1. The number of cyclic esters (lactones) is 1. The van der Waals surface area contributed by atoms with Gasteiger partial charge in [-0.05, 0) is 37.5 Å². The zero-order valence-corrected chi connectivity index (χ0v) is 14.1. The van der Waals surface area contributed by atoms with Gasteiger partial charge in [-0.3, -0.25) is 4.79 Å². The van der Waals surface area contributed by atoms with Gasteiger partial charge in [-0.15, -0.1) is 0 Å². The van der Waals surface area contributed by atoms with Crippen LogP contribution in [0, 0.1) is 23.7 Å². The van der Waals surface area contributed by atoms with E-state index in [2.05, 4.69) is 12.2 Å². The standard InChI is InChI=1S/C15H17Cl3O4/c16-15(17,18)14(20)22-12(10-2-1-5-21-13(10)19)11-7-8-3-4-9(11)6-8/h3-4,8-12H,1-2,5-7H2. The van der Waals surface area contributed by atoms with Crippen LogP contribution in [0.4, 0.5) is 0 Å². The maximum atomic E-state index is 12.1. The molecule has 7 heteroatoms. The molecule has 0 N–H and O–H groups in total. The molecule has 5 atom stereocenters. The number of carbonyl (C=O) groups excluding carboxylic acids is 2. The zero-order chi connectivity index (χ0) is 15.9. The Morgan fingerprint density at radius 3 is 2.64 bits per heavy atom. The predicted octanol–water partition coefficient (Wildman–Crippen LogP) is 3.43. The molecule has 1 saturated carbocycles. The third kappa shape index (κ3) is 3.24. The van der Waals surface area contributed by atoms with E-state index in [0.29, 0.717) is 24.9 Å². The van der Waals surface area contributed by atoms with Gasteiger partial charge in [-0.25, -0.2) is 4.79 Å². The van der Waals surface area contributed by atoms with E-state index in [4.69, 9.17) is 44.3 Å². The van der Waals surface area contributed by atoms with E-state index in [-0.39, 0.29) is 11.9 Å². The Labute approximate surface area is 144 Å².